The van der Waals surface area contributed by atoms with Gasteiger partial charge < -0.3 is 0 Å². The van der Waals surface area contributed by atoms with Crippen molar-refractivity contribution in [2.75, 3.05) is 0 Å². The van der Waals surface area contributed by atoms with Crippen molar-refractivity contribution in [1.82, 2.24) is 4.98 Å². The minimum absolute atomic E-state index is 0.572. The van der Waals surface area contributed by atoms with Crippen LogP contribution in [-0.2, 0) is 6.16 Å². The lowest BCUT2D eigenvalue weighted by molar-refractivity contribution is 1.15. The highest BCUT2D eigenvalue weighted by Gasteiger charge is 2.20. The lowest BCUT2D eigenvalue weighted by atomic mass is 10.2. The number of aliphatic imine (C=N–C) groups is 1. The van der Waals surface area contributed by atoms with Crippen LogP contribution in [0.25, 0.3) is 0 Å². The highest BCUT2D eigenvalue weighted by Crippen LogP contribution is 2.38. The summed E-state index contributed by atoms with van der Waals surface area (Å²) < 4.78 is 0. The molecule has 0 fully saturated rings. The van der Waals surface area contributed by atoms with E-state index in [1.54, 1.807) is 0 Å². The molecule has 0 saturated heterocycles. The van der Waals surface area contributed by atoms with Gasteiger partial charge in [0.05, 0.1) is 17.1 Å². The molecule has 0 radical (unpaired) electrons. The molecular weight excluding hydrogens is 546 g/mol. The number of nitrogens with zero attached hydrogens (tertiary/aromatic N) is 2. The van der Waals surface area contributed by atoms with E-state index in [1.165, 1.54) is 26.5 Å². The van der Waals surface area contributed by atoms with E-state index in [4.69, 9.17) is 9.98 Å². The molecule has 0 unspecified atom stereocenters. The van der Waals surface area contributed by atoms with E-state index in [0.717, 1.165) is 28.9 Å². The standard InChI is InChI=1S/C38H32N2P2/c1-30(36-27-16-17-31(40-36)29-41(32-18-6-2-7-19-32)33-20-8-3-9-21-33)39-37-26-14-15-28-38(37)42(34-22-10-4-11-23-34)35-24-12-5-13-25-35/h2-28H,29H2,1H3. The van der Waals surface area contributed by atoms with Crippen LogP contribution in [-0.4, -0.2) is 10.7 Å². The third-order valence-electron chi connectivity index (χ3n) is 7.07. The second kappa shape index (κ2) is 13.6. The predicted molar refractivity (Wildman–Crippen MR) is 184 cm³/mol. The van der Waals surface area contributed by atoms with Crippen molar-refractivity contribution in [2.24, 2.45) is 4.99 Å². The Hall–Kier alpha value is -4.22. The first-order chi connectivity index (χ1) is 20.8. The molecule has 0 N–H and O–H groups in total. The molecule has 4 heteroatoms. The van der Waals surface area contributed by atoms with Crippen molar-refractivity contribution in [1.29, 1.82) is 0 Å². The molecule has 0 amide bonds. The van der Waals surface area contributed by atoms with Crippen molar-refractivity contribution >= 4 is 53.8 Å². The largest absolute Gasteiger partial charge is 0.251 e. The summed E-state index contributed by atoms with van der Waals surface area (Å²) in [5, 5.41) is 6.60. The Balaban J connectivity index is 1.35. The number of aromatic nitrogens is 1. The Morgan fingerprint density at radius 1 is 0.524 bits per heavy atom. The van der Waals surface area contributed by atoms with Gasteiger partial charge in [-0.05, 0) is 62.2 Å². The molecule has 1 aromatic heterocycles. The van der Waals surface area contributed by atoms with E-state index in [-0.39, 0.29) is 0 Å². The minimum Gasteiger partial charge on any atom is -0.251 e. The zero-order valence-corrected chi connectivity index (χ0v) is 25.4. The van der Waals surface area contributed by atoms with E-state index in [0.29, 0.717) is 0 Å². The molecule has 0 saturated carbocycles. The monoisotopic (exact) mass is 578 g/mol. The molecule has 5 aromatic carbocycles. The third kappa shape index (κ3) is 6.63. The van der Waals surface area contributed by atoms with Gasteiger partial charge in [-0.25, -0.2) is 0 Å². The van der Waals surface area contributed by atoms with Gasteiger partial charge in [-0.1, -0.05) is 146 Å². The van der Waals surface area contributed by atoms with Crippen LogP contribution in [0.5, 0.6) is 0 Å². The molecule has 42 heavy (non-hydrogen) atoms. The van der Waals surface area contributed by atoms with E-state index in [2.05, 4.69) is 171 Å². The van der Waals surface area contributed by atoms with E-state index >= 15 is 0 Å². The topological polar surface area (TPSA) is 25.2 Å². The third-order valence-corrected chi connectivity index (χ3v) is 12.0. The van der Waals surface area contributed by atoms with Crippen LogP contribution in [0.2, 0.25) is 0 Å². The fraction of sp³-hybridized carbons (Fsp3) is 0.0526. The Bertz CT molecular complexity index is 1680. The summed E-state index contributed by atoms with van der Waals surface area (Å²) in [5.41, 5.74) is 3.92. The van der Waals surface area contributed by atoms with Gasteiger partial charge in [-0.15, -0.1) is 0 Å². The fourth-order valence-corrected chi connectivity index (χ4v) is 9.66. The molecule has 0 spiro atoms. The van der Waals surface area contributed by atoms with E-state index < -0.39 is 15.8 Å². The van der Waals surface area contributed by atoms with Gasteiger partial charge >= 0.3 is 0 Å². The van der Waals surface area contributed by atoms with Crippen LogP contribution in [0.4, 0.5) is 5.69 Å². The lowest BCUT2D eigenvalue weighted by Crippen LogP contribution is -2.21. The van der Waals surface area contributed by atoms with Gasteiger partial charge in [-0.2, -0.15) is 0 Å². The molecule has 0 aliphatic carbocycles. The van der Waals surface area contributed by atoms with Gasteiger partial charge in [0.1, 0.15) is 0 Å². The summed E-state index contributed by atoms with van der Waals surface area (Å²) >= 11 is 0. The number of rotatable bonds is 9. The second-order valence-electron chi connectivity index (χ2n) is 9.96. The lowest BCUT2D eigenvalue weighted by Gasteiger charge is -2.21. The predicted octanol–water partition coefficient (Wildman–Crippen LogP) is 7.61. The van der Waals surface area contributed by atoms with Gasteiger partial charge in [0, 0.05) is 17.2 Å². The fourth-order valence-electron chi connectivity index (χ4n) is 5.05. The van der Waals surface area contributed by atoms with Crippen LogP contribution in [0, 0.1) is 0 Å². The summed E-state index contributed by atoms with van der Waals surface area (Å²) in [6.45, 7) is 2.08. The molecule has 0 aliphatic rings. The van der Waals surface area contributed by atoms with Crippen molar-refractivity contribution in [3.8, 4) is 0 Å². The van der Waals surface area contributed by atoms with Crippen LogP contribution < -0.4 is 26.5 Å². The number of pyridine rings is 1. The van der Waals surface area contributed by atoms with Crippen LogP contribution in [0.15, 0.2) is 169 Å². The van der Waals surface area contributed by atoms with Gasteiger partial charge in [-0.3, -0.25) is 9.98 Å². The first-order valence-electron chi connectivity index (χ1n) is 14.1. The maximum absolute atomic E-state index is 5.21. The van der Waals surface area contributed by atoms with Crippen LogP contribution in [0.1, 0.15) is 18.3 Å². The molecule has 204 valence electrons. The molecule has 2 nitrogen and oxygen atoms in total. The highest BCUT2D eigenvalue weighted by molar-refractivity contribution is 7.80. The number of para-hydroxylation sites is 1. The van der Waals surface area contributed by atoms with Crippen molar-refractivity contribution in [3.05, 3.63) is 175 Å². The maximum Gasteiger partial charge on any atom is 0.0845 e. The van der Waals surface area contributed by atoms with E-state index in [1.807, 2.05) is 0 Å². The number of hydrogen-bond donors (Lipinski definition) is 0. The molecule has 0 aliphatic heterocycles. The Morgan fingerprint density at radius 2 is 1.00 bits per heavy atom. The normalized spacial score (nSPS) is 11.6. The van der Waals surface area contributed by atoms with E-state index in [9.17, 15) is 0 Å². The van der Waals surface area contributed by atoms with Gasteiger partial charge in [0.25, 0.3) is 0 Å². The van der Waals surface area contributed by atoms with Crippen LogP contribution >= 0.6 is 15.8 Å². The average molecular weight is 579 g/mol. The number of benzene rings is 5. The summed E-state index contributed by atoms with van der Waals surface area (Å²) in [6, 6.07) is 58.1. The molecule has 6 aromatic rings. The first-order valence-corrected chi connectivity index (χ1v) is 17.0. The number of hydrogen-bond acceptors (Lipinski definition) is 2. The van der Waals surface area contributed by atoms with Gasteiger partial charge in [0.2, 0.25) is 0 Å². The molecule has 6 rings (SSSR count). The molecule has 0 bridgehead atoms. The summed E-state index contributed by atoms with van der Waals surface area (Å²) in [5.74, 6) is 0. The zero-order chi connectivity index (χ0) is 28.6. The zero-order valence-electron chi connectivity index (χ0n) is 23.6. The quantitative estimate of drug-likeness (QED) is 0.128. The second-order valence-corrected chi connectivity index (χ2v) is 14.4. The minimum atomic E-state index is -0.761. The van der Waals surface area contributed by atoms with Crippen molar-refractivity contribution in [3.63, 3.8) is 0 Å². The van der Waals surface area contributed by atoms with Crippen LogP contribution in [0.3, 0.4) is 0 Å². The summed E-state index contributed by atoms with van der Waals surface area (Å²) in [7, 11) is -1.33. The van der Waals surface area contributed by atoms with Crippen molar-refractivity contribution in [2.45, 2.75) is 13.1 Å². The summed E-state index contributed by atoms with van der Waals surface area (Å²) in [4.78, 5) is 10.4. The van der Waals surface area contributed by atoms with Crippen molar-refractivity contribution < 1.29 is 0 Å². The Labute approximate surface area is 251 Å². The summed E-state index contributed by atoms with van der Waals surface area (Å²) in [6.07, 6.45) is 0.883. The SMILES string of the molecule is CC(=Nc1ccccc1P(c1ccccc1)c1ccccc1)c1cccc(CP(c2ccccc2)c2ccccc2)n1. The molecular formula is C38H32N2P2. The highest BCUT2D eigenvalue weighted by atomic mass is 31.1. The maximum atomic E-state index is 5.21. The average Bonchev–Trinajstić information content (AvgIpc) is 3.06. The Kier molecular flexibility index (Phi) is 9.06. The van der Waals surface area contributed by atoms with Gasteiger partial charge in [0.15, 0.2) is 0 Å². The molecule has 1 heterocycles. The first kappa shape index (κ1) is 27.9. The smallest absolute Gasteiger partial charge is 0.0845 e. The Morgan fingerprint density at radius 3 is 1.55 bits per heavy atom. The molecule has 0 atom stereocenters.